The molecule has 0 bridgehead atoms. The average Bonchev–Trinajstić information content (AvgIpc) is 2.98. The van der Waals surface area contributed by atoms with E-state index in [2.05, 4.69) is 19.6 Å². The van der Waals surface area contributed by atoms with Crippen LogP contribution < -0.4 is 4.72 Å². The lowest BCUT2D eigenvalue weighted by atomic mass is 9.99. The van der Waals surface area contributed by atoms with Crippen LogP contribution in [0.5, 0.6) is 0 Å². The van der Waals surface area contributed by atoms with Crippen LogP contribution in [0.2, 0.25) is 0 Å². The van der Waals surface area contributed by atoms with Crippen LogP contribution in [0.25, 0.3) is 11.0 Å². The summed E-state index contributed by atoms with van der Waals surface area (Å²) in [4.78, 5) is 10.5. The number of fused-ring (bicyclic) bond motifs is 1. The third-order valence-electron chi connectivity index (χ3n) is 4.78. The van der Waals surface area contributed by atoms with Crippen molar-refractivity contribution in [2.24, 2.45) is 0 Å². The topological polar surface area (TPSA) is 81.3 Å². The molecule has 1 saturated heterocycles. The molecule has 1 aromatic carbocycles. The number of hydrogen-bond acceptors (Lipinski definition) is 4. The van der Waals surface area contributed by atoms with Crippen LogP contribution in [0.3, 0.4) is 0 Å². The Kier molecular flexibility index (Phi) is 5.73. The zero-order valence-electron chi connectivity index (χ0n) is 14.9. The van der Waals surface area contributed by atoms with E-state index >= 15 is 0 Å². The number of benzene rings is 1. The smallest absolute Gasteiger partial charge is 0.278 e. The second-order valence-corrected chi connectivity index (χ2v) is 8.76. The summed E-state index contributed by atoms with van der Waals surface area (Å²) in [5.74, 6) is 0.974. The Morgan fingerprint density at radius 2 is 2.12 bits per heavy atom. The second-order valence-electron chi connectivity index (χ2n) is 6.79. The number of hydrogen-bond donors (Lipinski definition) is 2. The lowest BCUT2D eigenvalue weighted by Gasteiger charge is -2.35. The fourth-order valence-corrected chi connectivity index (χ4v) is 3.99. The minimum atomic E-state index is -3.35. The molecule has 1 aliphatic heterocycles. The number of aromatic nitrogens is 2. The van der Waals surface area contributed by atoms with E-state index in [0.29, 0.717) is 12.6 Å². The number of piperidine rings is 1. The molecule has 0 spiro atoms. The highest BCUT2D eigenvalue weighted by Gasteiger charge is 2.24. The molecule has 1 atom stereocenters. The summed E-state index contributed by atoms with van der Waals surface area (Å²) in [6.45, 7) is 2.27. The Hall–Kier alpha value is -1.48. The first-order valence-corrected chi connectivity index (χ1v) is 10.2. The van der Waals surface area contributed by atoms with Gasteiger partial charge in [0.05, 0.1) is 17.6 Å². The molecule has 1 aliphatic rings. The molecule has 1 aromatic heterocycles. The quantitative estimate of drug-likeness (QED) is 0.783. The lowest BCUT2D eigenvalue weighted by Crippen LogP contribution is -2.42. The molecule has 0 aliphatic carbocycles. The van der Waals surface area contributed by atoms with Crippen LogP contribution in [0.4, 0.5) is 0 Å². The highest BCUT2D eigenvalue weighted by molar-refractivity contribution is 7.87. The molecule has 8 heteroatoms. The van der Waals surface area contributed by atoms with Crippen LogP contribution in [0, 0.1) is 0 Å². The zero-order chi connectivity index (χ0) is 17.9. The van der Waals surface area contributed by atoms with Gasteiger partial charge in [-0.05, 0) is 37.9 Å². The fraction of sp³-hybridized carbons (Fsp3) is 0.588. The number of aromatic amines is 1. The van der Waals surface area contributed by atoms with Gasteiger partial charge in [0.2, 0.25) is 0 Å². The first-order valence-electron chi connectivity index (χ1n) is 8.80. The van der Waals surface area contributed by atoms with Crippen molar-refractivity contribution in [1.82, 2.24) is 23.9 Å². The summed E-state index contributed by atoms with van der Waals surface area (Å²) in [6.07, 6.45) is 4.29. The average molecular weight is 366 g/mol. The van der Waals surface area contributed by atoms with Gasteiger partial charge in [0.15, 0.2) is 0 Å². The highest BCUT2D eigenvalue weighted by atomic mass is 32.2. The summed E-state index contributed by atoms with van der Waals surface area (Å²) < 4.78 is 27.5. The van der Waals surface area contributed by atoms with E-state index in [0.717, 1.165) is 42.8 Å². The Morgan fingerprint density at radius 1 is 1.32 bits per heavy atom. The van der Waals surface area contributed by atoms with E-state index in [1.54, 1.807) is 0 Å². The van der Waals surface area contributed by atoms with Gasteiger partial charge in [-0.2, -0.15) is 12.7 Å². The molecule has 7 nitrogen and oxygen atoms in total. The van der Waals surface area contributed by atoms with Crippen molar-refractivity contribution in [2.75, 3.05) is 27.2 Å². The minimum Gasteiger partial charge on any atom is -0.341 e. The van der Waals surface area contributed by atoms with Gasteiger partial charge in [0.25, 0.3) is 10.2 Å². The van der Waals surface area contributed by atoms with E-state index < -0.39 is 10.2 Å². The van der Waals surface area contributed by atoms with Gasteiger partial charge in [-0.15, -0.1) is 0 Å². The van der Waals surface area contributed by atoms with Crippen molar-refractivity contribution < 1.29 is 8.42 Å². The number of likely N-dealkylation sites (tertiary alicyclic amines) is 1. The molecule has 2 aromatic rings. The number of rotatable bonds is 7. The molecule has 3 rings (SSSR count). The normalized spacial score (nSPS) is 19.7. The SMILES string of the molecule is CN(C)S(=O)(=O)NCCC1CCCCN1Cc1nc2ccccc2[nH]1. The second kappa shape index (κ2) is 7.82. The number of nitrogens with zero attached hydrogens (tertiary/aromatic N) is 3. The van der Waals surface area contributed by atoms with Crippen molar-refractivity contribution >= 4 is 21.2 Å². The van der Waals surface area contributed by atoms with E-state index in [1.165, 1.54) is 31.2 Å². The number of nitrogens with one attached hydrogen (secondary N) is 2. The minimum absolute atomic E-state index is 0.381. The Balaban J connectivity index is 1.60. The summed E-state index contributed by atoms with van der Waals surface area (Å²) >= 11 is 0. The van der Waals surface area contributed by atoms with Gasteiger partial charge in [-0.3, -0.25) is 4.90 Å². The number of imidazole rings is 1. The molecule has 25 heavy (non-hydrogen) atoms. The fourth-order valence-electron chi connectivity index (χ4n) is 3.35. The van der Waals surface area contributed by atoms with Crippen LogP contribution in [0.1, 0.15) is 31.5 Å². The molecular formula is C17H27N5O2S. The van der Waals surface area contributed by atoms with Crippen molar-refractivity contribution in [1.29, 1.82) is 0 Å². The molecule has 138 valence electrons. The van der Waals surface area contributed by atoms with Gasteiger partial charge in [0, 0.05) is 26.7 Å². The van der Waals surface area contributed by atoms with Crippen molar-refractivity contribution in [2.45, 2.75) is 38.3 Å². The summed E-state index contributed by atoms with van der Waals surface area (Å²) in [7, 11) is -0.269. The monoisotopic (exact) mass is 365 g/mol. The Bertz CT molecular complexity index is 769. The van der Waals surface area contributed by atoms with Gasteiger partial charge in [0.1, 0.15) is 5.82 Å². The molecule has 2 N–H and O–H groups in total. The maximum absolute atomic E-state index is 11.8. The molecule has 0 saturated carbocycles. The van der Waals surface area contributed by atoms with Crippen LogP contribution >= 0.6 is 0 Å². The van der Waals surface area contributed by atoms with E-state index in [-0.39, 0.29) is 0 Å². The summed E-state index contributed by atoms with van der Waals surface area (Å²) in [5, 5.41) is 0. The van der Waals surface area contributed by atoms with Crippen LogP contribution in [-0.4, -0.2) is 60.8 Å². The van der Waals surface area contributed by atoms with Gasteiger partial charge in [-0.25, -0.2) is 9.71 Å². The highest BCUT2D eigenvalue weighted by Crippen LogP contribution is 2.22. The Morgan fingerprint density at radius 3 is 2.88 bits per heavy atom. The lowest BCUT2D eigenvalue weighted by molar-refractivity contribution is 0.130. The zero-order valence-corrected chi connectivity index (χ0v) is 15.7. The maximum Gasteiger partial charge on any atom is 0.278 e. The predicted molar refractivity (Wildman–Crippen MR) is 99.4 cm³/mol. The van der Waals surface area contributed by atoms with E-state index in [1.807, 2.05) is 24.3 Å². The van der Waals surface area contributed by atoms with Gasteiger partial charge < -0.3 is 4.98 Å². The standard InChI is InChI=1S/C17H27N5O2S/c1-21(2)25(23,24)18-11-10-14-7-5-6-12-22(14)13-17-19-15-8-3-4-9-16(15)20-17/h3-4,8-9,14,18H,5-7,10-13H2,1-2H3,(H,19,20). The molecule has 1 fully saturated rings. The number of para-hydroxylation sites is 2. The largest absolute Gasteiger partial charge is 0.341 e. The molecule has 1 unspecified atom stereocenters. The molecule has 0 radical (unpaired) electrons. The molecule has 0 amide bonds. The molecule has 2 heterocycles. The van der Waals surface area contributed by atoms with Crippen LogP contribution in [-0.2, 0) is 16.8 Å². The maximum atomic E-state index is 11.8. The van der Waals surface area contributed by atoms with E-state index in [4.69, 9.17) is 0 Å². The first kappa shape index (κ1) is 18.3. The third-order valence-corrected chi connectivity index (χ3v) is 6.31. The summed E-state index contributed by atoms with van der Waals surface area (Å²) in [6, 6.07) is 8.43. The van der Waals surface area contributed by atoms with Gasteiger partial charge in [-0.1, -0.05) is 18.6 Å². The van der Waals surface area contributed by atoms with Crippen LogP contribution in [0.15, 0.2) is 24.3 Å². The van der Waals surface area contributed by atoms with Crippen molar-refractivity contribution in [3.63, 3.8) is 0 Å². The van der Waals surface area contributed by atoms with E-state index in [9.17, 15) is 8.42 Å². The summed E-state index contributed by atoms with van der Waals surface area (Å²) in [5.41, 5.74) is 2.05. The Labute approximate surface area is 149 Å². The van der Waals surface area contributed by atoms with Crippen molar-refractivity contribution in [3.8, 4) is 0 Å². The molecular weight excluding hydrogens is 338 g/mol. The predicted octanol–water partition coefficient (Wildman–Crippen LogP) is 1.70. The van der Waals surface area contributed by atoms with Gasteiger partial charge >= 0.3 is 0 Å². The first-order chi connectivity index (χ1) is 12.0. The van der Waals surface area contributed by atoms with Crippen molar-refractivity contribution in [3.05, 3.63) is 30.1 Å². The third kappa shape index (κ3) is 4.58. The number of H-pyrrole nitrogens is 1.